The Labute approximate surface area is 139 Å². The number of carbonyl (C=O) groups is 2. The molecular weight excluding hydrogens is 306 g/mol. The van der Waals surface area contributed by atoms with E-state index in [2.05, 4.69) is 4.98 Å². The number of nitrogens with two attached hydrogens (primary N) is 1. The first-order valence-corrected chi connectivity index (χ1v) is 7.86. The number of benzene rings is 1. The van der Waals surface area contributed by atoms with E-state index in [1.807, 2.05) is 12.1 Å². The van der Waals surface area contributed by atoms with Crippen LogP contribution in [0, 0.1) is 5.92 Å². The Kier molecular flexibility index (Phi) is 4.46. The van der Waals surface area contributed by atoms with Crippen LogP contribution in [0.3, 0.4) is 0 Å². The SMILES string of the molecule is NC(=O)c1cccc(CC2CCN(C(=O)c3ncccc3O)C2)c1. The van der Waals surface area contributed by atoms with Crippen LogP contribution < -0.4 is 5.73 Å². The number of pyridine rings is 1. The minimum Gasteiger partial charge on any atom is -0.505 e. The average Bonchev–Trinajstić information content (AvgIpc) is 3.03. The average molecular weight is 325 g/mol. The molecule has 0 aliphatic carbocycles. The predicted octanol–water partition coefficient (Wildman–Crippen LogP) is 1.59. The third kappa shape index (κ3) is 3.37. The molecule has 2 aromatic rings. The van der Waals surface area contributed by atoms with Crippen molar-refractivity contribution in [3.8, 4) is 5.75 Å². The number of primary amides is 1. The smallest absolute Gasteiger partial charge is 0.276 e. The predicted molar refractivity (Wildman–Crippen MR) is 88.6 cm³/mol. The van der Waals surface area contributed by atoms with Crippen molar-refractivity contribution in [3.63, 3.8) is 0 Å². The highest BCUT2D eigenvalue weighted by molar-refractivity contribution is 5.95. The highest BCUT2D eigenvalue weighted by Crippen LogP contribution is 2.24. The van der Waals surface area contributed by atoms with Crippen LogP contribution in [0.2, 0.25) is 0 Å². The molecule has 0 saturated carbocycles. The summed E-state index contributed by atoms with van der Waals surface area (Å²) in [6.45, 7) is 1.24. The molecule has 1 aliphatic rings. The number of nitrogens with zero attached hydrogens (tertiary/aromatic N) is 2. The van der Waals surface area contributed by atoms with E-state index in [-0.39, 0.29) is 17.4 Å². The molecule has 1 unspecified atom stereocenters. The molecule has 0 bridgehead atoms. The largest absolute Gasteiger partial charge is 0.505 e. The van der Waals surface area contributed by atoms with Crippen molar-refractivity contribution in [1.82, 2.24) is 9.88 Å². The third-order valence-corrected chi connectivity index (χ3v) is 4.30. The van der Waals surface area contributed by atoms with E-state index in [1.54, 1.807) is 23.1 Å². The van der Waals surface area contributed by atoms with Crippen LogP contribution in [0.5, 0.6) is 5.75 Å². The summed E-state index contributed by atoms with van der Waals surface area (Å²) in [7, 11) is 0. The Morgan fingerprint density at radius 2 is 2.12 bits per heavy atom. The third-order valence-electron chi connectivity index (χ3n) is 4.30. The molecule has 124 valence electrons. The molecule has 3 rings (SSSR count). The summed E-state index contributed by atoms with van der Waals surface area (Å²) in [5.74, 6) is -0.477. The fourth-order valence-corrected chi connectivity index (χ4v) is 3.08. The summed E-state index contributed by atoms with van der Waals surface area (Å²) >= 11 is 0. The van der Waals surface area contributed by atoms with Gasteiger partial charge in [-0.3, -0.25) is 9.59 Å². The van der Waals surface area contributed by atoms with E-state index in [0.29, 0.717) is 24.6 Å². The van der Waals surface area contributed by atoms with Gasteiger partial charge in [0, 0.05) is 24.8 Å². The van der Waals surface area contributed by atoms with Gasteiger partial charge in [-0.25, -0.2) is 4.98 Å². The maximum atomic E-state index is 12.5. The second-order valence-electron chi connectivity index (χ2n) is 6.05. The number of aromatic hydroxyl groups is 1. The molecule has 1 aromatic carbocycles. The molecule has 24 heavy (non-hydrogen) atoms. The first kappa shape index (κ1) is 16.0. The lowest BCUT2D eigenvalue weighted by molar-refractivity contribution is 0.0777. The van der Waals surface area contributed by atoms with Gasteiger partial charge >= 0.3 is 0 Å². The Balaban J connectivity index is 1.65. The van der Waals surface area contributed by atoms with Gasteiger partial charge in [0.1, 0.15) is 5.75 Å². The van der Waals surface area contributed by atoms with Gasteiger partial charge in [0.15, 0.2) is 5.69 Å². The maximum absolute atomic E-state index is 12.5. The number of hydrogen-bond donors (Lipinski definition) is 2. The van der Waals surface area contributed by atoms with Gasteiger partial charge in [0.25, 0.3) is 5.91 Å². The summed E-state index contributed by atoms with van der Waals surface area (Å²) in [6, 6.07) is 10.3. The maximum Gasteiger partial charge on any atom is 0.276 e. The first-order valence-electron chi connectivity index (χ1n) is 7.86. The molecule has 6 nitrogen and oxygen atoms in total. The van der Waals surface area contributed by atoms with Crippen molar-refractivity contribution in [2.45, 2.75) is 12.8 Å². The second-order valence-corrected chi connectivity index (χ2v) is 6.05. The molecule has 6 heteroatoms. The molecular formula is C18H19N3O3. The van der Waals surface area contributed by atoms with E-state index < -0.39 is 5.91 Å². The summed E-state index contributed by atoms with van der Waals surface area (Å²) in [4.78, 5) is 29.4. The number of hydrogen-bond acceptors (Lipinski definition) is 4. The monoisotopic (exact) mass is 325 g/mol. The van der Waals surface area contributed by atoms with Crippen LogP contribution in [0.4, 0.5) is 0 Å². The van der Waals surface area contributed by atoms with Crippen LogP contribution in [-0.4, -0.2) is 39.9 Å². The van der Waals surface area contributed by atoms with E-state index in [9.17, 15) is 14.7 Å². The zero-order valence-electron chi connectivity index (χ0n) is 13.2. The topological polar surface area (TPSA) is 96.5 Å². The van der Waals surface area contributed by atoms with Crippen molar-refractivity contribution in [3.05, 3.63) is 59.4 Å². The van der Waals surface area contributed by atoms with Crippen molar-refractivity contribution in [2.24, 2.45) is 11.7 Å². The Morgan fingerprint density at radius 1 is 1.29 bits per heavy atom. The van der Waals surface area contributed by atoms with E-state index >= 15 is 0 Å². The minimum atomic E-state index is -0.439. The molecule has 1 aromatic heterocycles. The lowest BCUT2D eigenvalue weighted by Gasteiger charge is -2.16. The summed E-state index contributed by atoms with van der Waals surface area (Å²) < 4.78 is 0. The minimum absolute atomic E-state index is 0.0916. The molecule has 2 amide bonds. The number of amides is 2. The molecule has 1 atom stereocenters. The number of likely N-dealkylation sites (tertiary alicyclic amines) is 1. The van der Waals surface area contributed by atoms with Gasteiger partial charge in [0.2, 0.25) is 5.91 Å². The van der Waals surface area contributed by atoms with Crippen molar-refractivity contribution in [2.75, 3.05) is 13.1 Å². The van der Waals surface area contributed by atoms with Crippen molar-refractivity contribution in [1.29, 1.82) is 0 Å². The van der Waals surface area contributed by atoms with Crippen LogP contribution in [0.1, 0.15) is 32.8 Å². The second kappa shape index (κ2) is 6.70. The Bertz CT molecular complexity index is 776. The van der Waals surface area contributed by atoms with Crippen LogP contribution in [-0.2, 0) is 6.42 Å². The van der Waals surface area contributed by atoms with Crippen LogP contribution in [0.25, 0.3) is 0 Å². The van der Waals surface area contributed by atoms with E-state index in [1.165, 1.54) is 12.3 Å². The highest BCUT2D eigenvalue weighted by Gasteiger charge is 2.29. The van der Waals surface area contributed by atoms with E-state index in [0.717, 1.165) is 18.4 Å². The molecule has 1 aliphatic heterocycles. The highest BCUT2D eigenvalue weighted by atomic mass is 16.3. The molecule has 0 radical (unpaired) electrons. The fourth-order valence-electron chi connectivity index (χ4n) is 3.08. The molecule has 2 heterocycles. The van der Waals surface area contributed by atoms with Crippen molar-refractivity contribution >= 4 is 11.8 Å². The van der Waals surface area contributed by atoms with Crippen molar-refractivity contribution < 1.29 is 14.7 Å². The number of aromatic nitrogens is 1. The normalized spacial score (nSPS) is 17.0. The molecule has 1 saturated heterocycles. The van der Waals surface area contributed by atoms with E-state index in [4.69, 9.17) is 5.73 Å². The Hall–Kier alpha value is -2.89. The van der Waals surface area contributed by atoms with Gasteiger partial charge in [-0.2, -0.15) is 0 Å². The quantitative estimate of drug-likeness (QED) is 0.892. The van der Waals surface area contributed by atoms with Gasteiger partial charge in [-0.1, -0.05) is 12.1 Å². The lowest BCUT2D eigenvalue weighted by atomic mass is 9.97. The first-order chi connectivity index (χ1) is 11.5. The van der Waals surface area contributed by atoms with Gasteiger partial charge < -0.3 is 15.7 Å². The summed E-state index contributed by atoms with van der Waals surface area (Å²) in [5, 5.41) is 9.77. The molecule has 1 fully saturated rings. The van der Waals surface area contributed by atoms with Crippen LogP contribution in [0.15, 0.2) is 42.6 Å². The number of rotatable bonds is 4. The lowest BCUT2D eigenvalue weighted by Crippen LogP contribution is -2.29. The fraction of sp³-hybridized carbons (Fsp3) is 0.278. The van der Waals surface area contributed by atoms with Gasteiger partial charge in [-0.05, 0) is 48.6 Å². The number of carbonyl (C=O) groups excluding carboxylic acids is 2. The standard InChI is InChI=1S/C18H19N3O3/c19-17(23)14-4-1-3-12(10-14)9-13-6-8-21(11-13)18(24)16-15(22)5-2-7-20-16/h1-5,7,10,13,22H,6,8-9,11H2,(H2,19,23). The molecule has 0 spiro atoms. The zero-order chi connectivity index (χ0) is 17.1. The Morgan fingerprint density at radius 3 is 2.88 bits per heavy atom. The summed E-state index contributed by atoms with van der Waals surface area (Å²) in [6.07, 6.45) is 3.15. The summed E-state index contributed by atoms with van der Waals surface area (Å²) in [5.41, 5.74) is 6.93. The van der Waals surface area contributed by atoms with Crippen LogP contribution >= 0.6 is 0 Å². The zero-order valence-corrected chi connectivity index (χ0v) is 13.2. The van der Waals surface area contributed by atoms with Gasteiger partial charge in [-0.15, -0.1) is 0 Å². The van der Waals surface area contributed by atoms with Gasteiger partial charge in [0.05, 0.1) is 0 Å². The molecule has 3 N–H and O–H groups in total.